The molecule has 4 bridgehead atoms. The SMILES string of the molecule is c1cc2cc(c1)OCCCCCCCCCCCCCCOc1cccc(c1)OCCCCCCCCCCCCCCO2. The standard InChI is InChI=1S/C40H64O4/c1-2-6-10-14-18-22-32-42-38-28-26-30-40(36-38)44-34-24-20-16-12-8-4-3-7-11-15-19-23-33-43-39-29-25-27-37(35-39)41-31-21-17-13-9-5-1/h25-30,35-36H,1-24,31-34H2. The van der Waals surface area contributed by atoms with Crippen LogP contribution >= 0.6 is 0 Å². The molecule has 0 aliphatic carbocycles. The lowest BCUT2D eigenvalue weighted by atomic mass is 10.1. The van der Waals surface area contributed by atoms with Gasteiger partial charge in [0.1, 0.15) is 23.0 Å². The first kappa shape index (κ1) is 36.1. The number of ether oxygens (including phenoxy) is 4. The molecule has 0 spiro atoms. The fourth-order valence-corrected chi connectivity index (χ4v) is 6.01. The van der Waals surface area contributed by atoms with Crippen LogP contribution in [0.3, 0.4) is 0 Å². The van der Waals surface area contributed by atoms with Gasteiger partial charge in [-0.3, -0.25) is 0 Å². The third-order valence-electron chi connectivity index (χ3n) is 8.76. The highest BCUT2D eigenvalue weighted by Gasteiger charge is 2.02. The summed E-state index contributed by atoms with van der Waals surface area (Å²) in [6, 6.07) is 16.4. The van der Waals surface area contributed by atoms with Gasteiger partial charge in [0.05, 0.1) is 26.4 Å². The Labute approximate surface area is 270 Å². The van der Waals surface area contributed by atoms with E-state index in [1.54, 1.807) is 0 Å². The molecule has 1 heterocycles. The topological polar surface area (TPSA) is 36.9 Å². The largest absolute Gasteiger partial charge is 0.493 e. The zero-order valence-corrected chi connectivity index (χ0v) is 28.1. The van der Waals surface area contributed by atoms with Gasteiger partial charge in [-0.1, -0.05) is 141 Å². The maximum atomic E-state index is 6.01. The van der Waals surface area contributed by atoms with Gasteiger partial charge in [-0.25, -0.2) is 0 Å². The molecule has 0 aromatic heterocycles. The van der Waals surface area contributed by atoms with Crippen LogP contribution in [0.25, 0.3) is 0 Å². The van der Waals surface area contributed by atoms with Crippen molar-refractivity contribution in [2.75, 3.05) is 26.4 Å². The highest BCUT2D eigenvalue weighted by atomic mass is 16.5. The third kappa shape index (κ3) is 19.1. The Morgan fingerprint density at radius 1 is 0.250 bits per heavy atom. The van der Waals surface area contributed by atoms with Crippen LogP contribution in [-0.4, -0.2) is 26.4 Å². The summed E-state index contributed by atoms with van der Waals surface area (Å²) in [5.74, 6) is 3.75. The number of fused-ring (bicyclic) bond motifs is 4. The second kappa shape index (κ2) is 25.9. The molecule has 0 saturated carbocycles. The molecule has 0 atom stereocenters. The Morgan fingerprint density at radius 2 is 0.432 bits per heavy atom. The van der Waals surface area contributed by atoms with Crippen molar-refractivity contribution < 1.29 is 18.9 Å². The first-order chi connectivity index (χ1) is 21.9. The summed E-state index contributed by atoms with van der Waals surface area (Å²) in [6.45, 7) is 3.20. The molecule has 0 amide bonds. The minimum absolute atomic E-state index is 0.801. The first-order valence-electron chi connectivity index (χ1n) is 18.6. The van der Waals surface area contributed by atoms with Crippen molar-refractivity contribution in [2.45, 2.75) is 154 Å². The van der Waals surface area contributed by atoms with Crippen LogP contribution < -0.4 is 18.9 Å². The molecule has 0 unspecified atom stereocenters. The molecule has 2 aromatic rings. The van der Waals surface area contributed by atoms with Crippen LogP contribution in [0.1, 0.15) is 154 Å². The summed E-state index contributed by atoms with van der Waals surface area (Å²) < 4.78 is 24.0. The van der Waals surface area contributed by atoms with Crippen LogP contribution in [0.5, 0.6) is 23.0 Å². The second-order valence-electron chi connectivity index (χ2n) is 12.8. The maximum absolute atomic E-state index is 6.01. The lowest BCUT2D eigenvalue weighted by molar-refractivity contribution is 0.289. The van der Waals surface area contributed by atoms with Crippen molar-refractivity contribution in [1.29, 1.82) is 0 Å². The average molecular weight is 609 g/mol. The Kier molecular flexibility index (Phi) is 21.3. The molecule has 0 N–H and O–H groups in total. The predicted molar refractivity (Wildman–Crippen MR) is 186 cm³/mol. The zero-order chi connectivity index (χ0) is 30.6. The highest BCUT2D eigenvalue weighted by molar-refractivity contribution is 5.33. The van der Waals surface area contributed by atoms with Crippen LogP contribution in [0.2, 0.25) is 0 Å². The number of hydrogen-bond acceptors (Lipinski definition) is 4. The van der Waals surface area contributed by atoms with Crippen molar-refractivity contribution in [3.63, 3.8) is 0 Å². The molecule has 4 nitrogen and oxygen atoms in total. The van der Waals surface area contributed by atoms with E-state index in [-0.39, 0.29) is 0 Å². The Hall–Kier alpha value is -2.36. The van der Waals surface area contributed by atoms with Crippen molar-refractivity contribution in [2.24, 2.45) is 0 Å². The smallest absolute Gasteiger partial charge is 0.122 e. The second-order valence-corrected chi connectivity index (χ2v) is 12.8. The van der Waals surface area contributed by atoms with E-state index in [0.717, 1.165) is 75.1 Å². The van der Waals surface area contributed by atoms with Crippen LogP contribution in [0, 0.1) is 0 Å². The molecule has 0 saturated heterocycles. The van der Waals surface area contributed by atoms with Crippen molar-refractivity contribution in [1.82, 2.24) is 0 Å². The summed E-state index contributed by atoms with van der Waals surface area (Å²) >= 11 is 0. The van der Waals surface area contributed by atoms with Crippen LogP contribution in [0.4, 0.5) is 0 Å². The first-order valence-corrected chi connectivity index (χ1v) is 18.6. The lowest BCUT2D eigenvalue weighted by Crippen LogP contribution is -2.00. The Bertz CT molecular complexity index is 787. The van der Waals surface area contributed by atoms with Gasteiger partial charge in [-0.05, 0) is 49.9 Å². The monoisotopic (exact) mass is 608 g/mol. The van der Waals surface area contributed by atoms with E-state index in [0.29, 0.717) is 0 Å². The molecule has 248 valence electrons. The quantitative estimate of drug-likeness (QED) is 0.298. The predicted octanol–water partition coefficient (Wildman–Crippen LogP) is 12.3. The summed E-state index contributed by atoms with van der Waals surface area (Å²) in [5, 5.41) is 0. The minimum Gasteiger partial charge on any atom is -0.493 e. The Morgan fingerprint density at radius 3 is 0.636 bits per heavy atom. The van der Waals surface area contributed by atoms with Gasteiger partial charge in [0.25, 0.3) is 0 Å². The van der Waals surface area contributed by atoms with Crippen molar-refractivity contribution >= 4 is 0 Å². The normalized spacial score (nSPS) is 19.8. The fraction of sp³-hybridized carbons (Fsp3) is 0.700. The number of rotatable bonds is 0. The molecule has 4 heteroatoms. The van der Waals surface area contributed by atoms with Crippen molar-refractivity contribution in [3.8, 4) is 23.0 Å². The zero-order valence-electron chi connectivity index (χ0n) is 28.1. The van der Waals surface area contributed by atoms with E-state index in [1.807, 2.05) is 36.4 Å². The molecule has 0 radical (unpaired) electrons. The highest BCUT2D eigenvalue weighted by Crippen LogP contribution is 2.22. The summed E-state index contributed by atoms with van der Waals surface area (Å²) in [6.07, 6.45) is 31.3. The fourth-order valence-electron chi connectivity index (χ4n) is 6.01. The minimum atomic E-state index is 0.801. The van der Waals surface area contributed by atoms with E-state index in [9.17, 15) is 0 Å². The molecule has 1 aliphatic heterocycles. The van der Waals surface area contributed by atoms with Gasteiger partial charge >= 0.3 is 0 Å². The van der Waals surface area contributed by atoms with Crippen LogP contribution in [0.15, 0.2) is 48.5 Å². The van der Waals surface area contributed by atoms with Gasteiger partial charge in [-0.2, -0.15) is 0 Å². The van der Waals surface area contributed by atoms with E-state index >= 15 is 0 Å². The van der Waals surface area contributed by atoms with E-state index in [1.165, 1.54) is 128 Å². The molecule has 44 heavy (non-hydrogen) atoms. The van der Waals surface area contributed by atoms with Crippen molar-refractivity contribution in [3.05, 3.63) is 48.5 Å². The summed E-state index contributed by atoms with van der Waals surface area (Å²) in [7, 11) is 0. The Balaban J connectivity index is 1.29. The summed E-state index contributed by atoms with van der Waals surface area (Å²) in [5.41, 5.74) is 0. The van der Waals surface area contributed by atoms with E-state index < -0.39 is 0 Å². The lowest BCUT2D eigenvalue weighted by Gasteiger charge is -2.10. The van der Waals surface area contributed by atoms with Gasteiger partial charge in [0.15, 0.2) is 0 Å². The number of hydrogen-bond donors (Lipinski definition) is 0. The summed E-state index contributed by atoms with van der Waals surface area (Å²) in [4.78, 5) is 0. The van der Waals surface area contributed by atoms with Gasteiger partial charge in [0, 0.05) is 12.1 Å². The molecule has 1 aliphatic rings. The average Bonchev–Trinajstić information content (AvgIpc) is 3.04. The third-order valence-corrected chi connectivity index (χ3v) is 8.76. The maximum Gasteiger partial charge on any atom is 0.122 e. The van der Waals surface area contributed by atoms with E-state index in [4.69, 9.17) is 18.9 Å². The molecule has 2 aromatic carbocycles. The van der Waals surface area contributed by atoms with Crippen LogP contribution in [-0.2, 0) is 0 Å². The van der Waals surface area contributed by atoms with Gasteiger partial charge in [-0.15, -0.1) is 0 Å². The molecular weight excluding hydrogens is 544 g/mol. The van der Waals surface area contributed by atoms with Gasteiger partial charge < -0.3 is 18.9 Å². The van der Waals surface area contributed by atoms with Gasteiger partial charge in [0.2, 0.25) is 0 Å². The molecule has 3 rings (SSSR count). The number of benzene rings is 2. The molecular formula is C40H64O4. The molecule has 0 fully saturated rings. The van der Waals surface area contributed by atoms with E-state index in [2.05, 4.69) is 12.1 Å².